The van der Waals surface area contributed by atoms with Crippen molar-refractivity contribution in [3.63, 3.8) is 0 Å². The molecule has 1 saturated heterocycles. The van der Waals surface area contributed by atoms with Gasteiger partial charge in [-0.2, -0.15) is 0 Å². The second-order valence-corrected chi connectivity index (χ2v) is 7.39. The Morgan fingerprint density at radius 2 is 2.12 bits per heavy atom. The van der Waals surface area contributed by atoms with Gasteiger partial charge in [-0.3, -0.25) is 4.90 Å². The van der Waals surface area contributed by atoms with Crippen molar-refractivity contribution in [2.24, 2.45) is 0 Å². The molecule has 2 atom stereocenters. The van der Waals surface area contributed by atoms with E-state index in [-0.39, 0.29) is 12.7 Å². The fourth-order valence-corrected chi connectivity index (χ4v) is 3.48. The van der Waals surface area contributed by atoms with E-state index in [1.165, 1.54) is 0 Å². The van der Waals surface area contributed by atoms with Gasteiger partial charge in [0.2, 0.25) is 0 Å². The van der Waals surface area contributed by atoms with E-state index in [2.05, 4.69) is 33.0 Å². The lowest BCUT2D eigenvalue weighted by Gasteiger charge is -2.34. The smallest absolute Gasteiger partial charge is 0.138 e. The molecule has 2 unspecified atom stereocenters. The molecule has 0 aliphatic carbocycles. The first kappa shape index (κ1) is 18.7. The number of ether oxygens (including phenoxy) is 2. The summed E-state index contributed by atoms with van der Waals surface area (Å²) in [6.07, 6.45) is -0.569. The van der Waals surface area contributed by atoms with E-state index in [9.17, 15) is 5.11 Å². The van der Waals surface area contributed by atoms with Crippen LogP contribution in [0.4, 0.5) is 0 Å². The van der Waals surface area contributed by atoms with Crippen LogP contribution < -0.4 is 4.74 Å². The van der Waals surface area contributed by atoms with Crippen molar-refractivity contribution in [3.05, 3.63) is 63.6 Å². The van der Waals surface area contributed by atoms with Crippen LogP contribution in [-0.4, -0.2) is 49.0 Å². The summed E-state index contributed by atoms with van der Waals surface area (Å²) in [5.41, 5.74) is 1.14. The number of hydrogen-bond acceptors (Lipinski definition) is 4. The van der Waals surface area contributed by atoms with Gasteiger partial charge >= 0.3 is 0 Å². The molecule has 25 heavy (non-hydrogen) atoms. The summed E-state index contributed by atoms with van der Waals surface area (Å²) in [5, 5.41) is 10.8. The van der Waals surface area contributed by atoms with Crippen LogP contribution in [0.1, 0.15) is 11.7 Å². The van der Waals surface area contributed by atoms with E-state index in [4.69, 9.17) is 21.1 Å². The molecule has 0 aromatic heterocycles. The third-order valence-electron chi connectivity index (χ3n) is 4.11. The van der Waals surface area contributed by atoms with Gasteiger partial charge in [0.25, 0.3) is 0 Å². The number of para-hydroxylation sites is 1. The van der Waals surface area contributed by atoms with E-state index in [1.807, 2.05) is 24.3 Å². The monoisotopic (exact) mass is 425 g/mol. The Labute approximate surface area is 161 Å². The highest BCUT2D eigenvalue weighted by atomic mass is 79.9. The highest BCUT2D eigenvalue weighted by Gasteiger charge is 2.24. The van der Waals surface area contributed by atoms with Crippen LogP contribution in [0.5, 0.6) is 5.75 Å². The normalized spacial score (nSPS) is 19.6. The Bertz CT molecular complexity index is 700. The molecule has 1 N–H and O–H groups in total. The lowest BCUT2D eigenvalue weighted by atomic mass is 10.1. The molecular formula is C19H21BrClNO3. The molecule has 2 aromatic carbocycles. The minimum atomic E-state index is -0.586. The van der Waals surface area contributed by atoms with Crippen LogP contribution in [0, 0.1) is 0 Å². The average Bonchev–Trinajstić information content (AvgIpc) is 2.61. The molecule has 1 fully saturated rings. The van der Waals surface area contributed by atoms with Gasteiger partial charge in [-0.1, -0.05) is 51.8 Å². The number of rotatable bonds is 6. The number of aliphatic hydroxyl groups excluding tert-OH is 1. The Morgan fingerprint density at radius 1 is 1.28 bits per heavy atom. The number of benzene rings is 2. The van der Waals surface area contributed by atoms with Crippen LogP contribution >= 0.6 is 27.5 Å². The highest BCUT2D eigenvalue weighted by Crippen LogP contribution is 2.25. The number of hydrogen-bond donors (Lipinski definition) is 1. The largest absolute Gasteiger partial charge is 0.489 e. The number of aliphatic hydroxyl groups is 1. The van der Waals surface area contributed by atoms with Crippen molar-refractivity contribution < 1.29 is 14.6 Å². The maximum Gasteiger partial charge on any atom is 0.138 e. The molecule has 0 spiro atoms. The van der Waals surface area contributed by atoms with Gasteiger partial charge in [0.15, 0.2) is 0 Å². The summed E-state index contributed by atoms with van der Waals surface area (Å²) < 4.78 is 12.5. The molecule has 0 amide bonds. The van der Waals surface area contributed by atoms with Crippen LogP contribution in [0.3, 0.4) is 0 Å². The maximum absolute atomic E-state index is 10.3. The first-order valence-electron chi connectivity index (χ1n) is 8.26. The topological polar surface area (TPSA) is 41.9 Å². The minimum absolute atomic E-state index is 0.0166. The van der Waals surface area contributed by atoms with Crippen molar-refractivity contribution in [2.45, 2.75) is 12.2 Å². The van der Waals surface area contributed by atoms with Crippen molar-refractivity contribution in [2.75, 3.05) is 32.8 Å². The Hall–Kier alpha value is -1.11. The predicted octanol–water partition coefficient (Wildman–Crippen LogP) is 3.92. The standard InChI is InChI=1S/C19H21BrClNO3/c20-15-5-3-4-14(10-15)19-12-22(8-9-24-19)11-16(23)13-25-18-7-2-1-6-17(18)21/h1-7,10,16,19,23H,8-9,11-13H2. The van der Waals surface area contributed by atoms with Gasteiger partial charge in [-0.05, 0) is 29.8 Å². The molecule has 6 heteroatoms. The lowest BCUT2D eigenvalue weighted by molar-refractivity contribution is -0.0459. The summed E-state index contributed by atoms with van der Waals surface area (Å²) in [6, 6.07) is 15.4. The van der Waals surface area contributed by atoms with Crippen molar-refractivity contribution in [3.8, 4) is 5.75 Å². The van der Waals surface area contributed by atoms with Crippen molar-refractivity contribution in [1.29, 1.82) is 0 Å². The average molecular weight is 427 g/mol. The van der Waals surface area contributed by atoms with Crippen LogP contribution in [0.25, 0.3) is 0 Å². The zero-order valence-corrected chi connectivity index (χ0v) is 16.1. The fraction of sp³-hybridized carbons (Fsp3) is 0.368. The first-order chi connectivity index (χ1) is 12.1. The van der Waals surface area contributed by atoms with E-state index in [0.29, 0.717) is 23.9 Å². The Morgan fingerprint density at radius 3 is 2.92 bits per heavy atom. The van der Waals surface area contributed by atoms with Gasteiger partial charge in [0.05, 0.1) is 17.7 Å². The fourth-order valence-electron chi connectivity index (χ4n) is 2.88. The molecule has 1 aliphatic heterocycles. The number of morpholine rings is 1. The van der Waals surface area contributed by atoms with Gasteiger partial charge in [-0.15, -0.1) is 0 Å². The predicted molar refractivity (Wildman–Crippen MR) is 102 cm³/mol. The Balaban J connectivity index is 1.51. The molecule has 0 radical (unpaired) electrons. The maximum atomic E-state index is 10.3. The number of nitrogens with zero attached hydrogens (tertiary/aromatic N) is 1. The zero-order valence-electron chi connectivity index (χ0n) is 13.8. The molecule has 1 heterocycles. The molecule has 0 bridgehead atoms. The second kappa shape index (κ2) is 9.01. The highest BCUT2D eigenvalue weighted by molar-refractivity contribution is 9.10. The van der Waals surface area contributed by atoms with Gasteiger partial charge < -0.3 is 14.6 Å². The number of β-amino-alcohol motifs (C(OH)–C–C–N with tert-alkyl or cyclic N) is 1. The molecule has 4 nitrogen and oxygen atoms in total. The third-order valence-corrected chi connectivity index (χ3v) is 4.91. The summed E-state index contributed by atoms with van der Waals surface area (Å²) >= 11 is 9.56. The first-order valence-corrected chi connectivity index (χ1v) is 9.44. The SMILES string of the molecule is OC(COc1ccccc1Cl)CN1CCOC(c2cccc(Br)c2)C1. The van der Waals surface area contributed by atoms with E-state index >= 15 is 0 Å². The molecule has 3 rings (SSSR count). The Kier molecular flexibility index (Phi) is 6.73. The van der Waals surface area contributed by atoms with Gasteiger partial charge in [0.1, 0.15) is 18.5 Å². The van der Waals surface area contributed by atoms with Crippen LogP contribution in [-0.2, 0) is 4.74 Å². The third kappa shape index (κ3) is 5.43. The summed E-state index contributed by atoms with van der Waals surface area (Å²) in [7, 11) is 0. The second-order valence-electron chi connectivity index (χ2n) is 6.07. The van der Waals surface area contributed by atoms with Crippen LogP contribution in [0.2, 0.25) is 5.02 Å². The minimum Gasteiger partial charge on any atom is -0.489 e. The molecule has 2 aromatic rings. The summed E-state index contributed by atoms with van der Waals surface area (Å²) in [5.74, 6) is 0.595. The number of halogens is 2. The van der Waals surface area contributed by atoms with Gasteiger partial charge in [0, 0.05) is 24.1 Å². The summed E-state index contributed by atoms with van der Waals surface area (Å²) in [6.45, 7) is 2.95. The molecule has 1 aliphatic rings. The van der Waals surface area contributed by atoms with Crippen molar-refractivity contribution in [1.82, 2.24) is 4.90 Å². The van der Waals surface area contributed by atoms with Gasteiger partial charge in [-0.25, -0.2) is 0 Å². The lowest BCUT2D eigenvalue weighted by Crippen LogP contribution is -2.43. The van der Waals surface area contributed by atoms with Crippen molar-refractivity contribution >= 4 is 27.5 Å². The summed E-state index contributed by atoms with van der Waals surface area (Å²) in [4.78, 5) is 2.20. The zero-order chi connectivity index (χ0) is 17.6. The molecule has 0 saturated carbocycles. The van der Waals surface area contributed by atoms with E-state index in [1.54, 1.807) is 12.1 Å². The van der Waals surface area contributed by atoms with Crippen LogP contribution in [0.15, 0.2) is 53.0 Å². The van der Waals surface area contributed by atoms with E-state index in [0.717, 1.165) is 23.1 Å². The van der Waals surface area contributed by atoms with E-state index < -0.39 is 6.10 Å². The molecule has 134 valence electrons. The quantitative estimate of drug-likeness (QED) is 0.760. The molecular weight excluding hydrogens is 406 g/mol.